The van der Waals surface area contributed by atoms with Crippen molar-refractivity contribution in [2.24, 2.45) is 0 Å². The van der Waals surface area contributed by atoms with Gasteiger partial charge in [0.2, 0.25) is 5.91 Å². The Kier molecular flexibility index (Phi) is 13.7. The molecule has 3 aromatic carbocycles. The van der Waals surface area contributed by atoms with E-state index in [0.29, 0.717) is 50.5 Å². The highest BCUT2D eigenvalue weighted by atomic mass is 35.5. The predicted octanol–water partition coefficient (Wildman–Crippen LogP) is 5.11. The molecule has 2 aliphatic rings. The molecule has 2 fully saturated rings. The molecule has 5 rings (SSSR count). The SMILES string of the molecule is O=C(CCN1C(=O)C(=Cc2ccc(OCCN3CCOCC3)c(-c3ccc(Cl)c(Cl)c3)c2)SC1=S)Nc1ccc(C(=O)OCC(O)CO)cc1. The number of halogens is 2. The number of carbonyl (C=O) groups is 3. The van der Waals surface area contributed by atoms with Gasteiger partial charge in [-0.2, -0.15) is 0 Å². The van der Waals surface area contributed by atoms with Gasteiger partial charge in [-0.1, -0.05) is 59.3 Å². The number of hydrogen-bond acceptors (Lipinski definition) is 11. The molecule has 11 nitrogen and oxygen atoms in total. The van der Waals surface area contributed by atoms with Crippen LogP contribution in [-0.4, -0.2) is 107 Å². The van der Waals surface area contributed by atoms with Crippen LogP contribution in [0.2, 0.25) is 10.0 Å². The summed E-state index contributed by atoms with van der Waals surface area (Å²) in [6.45, 7) is 3.60. The quantitative estimate of drug-likeness (QED) is 0.115. The van der Waals surface area contributed by atoms with Gasteiger partial charge in [-0.15, -0.1) is 0 Å². The molecule has 0 aliphatic carbocycles. The van der Waals surface area contributed by atoms with Gasteiger partial charge in [0.05, 0.1) is 40.3 Å². The maximum absolute atomic E-state index is 13.4. The van der Waals surface area contributed by atoms with E-state index in [4.69, 9.17) is 54.7 Å². The molecule has 0 spiro atoms. The minimum atomic E-state index is -1.16. The number of aliphatic hydroxyl groups is 2. The number of thioether (sulfide) groups is 1. The molecule has 50 heavy (non-hydrogen) atoms. The predicted molar refractivity (Wildman–Crippen MR) is 198 cm³/mol. The second kappa shape index (κ2) is 18.1. The molecule has 15 heteroatoms. The Morgan fingerprint density at radius 2 is 1.80 bits per heavy atom. The number of benzene rings is 3. The first-order chi connectivity index (χ1) is 24.1. The van der Waals surface area contributed by atoms with Crippen molar-refractivity contribution in [1.82, 2.24) is 9.80 Å². The first kappa shape index (κ1) is 37.7. The molecule has 0 bridgehead atoms. The number of aliphatic hydroxyl groups excluding tert-OH is 2. The number of carbonyl (C=O) groups excluding carboxylic acids is 3. The van der Waals surface area contributed by atoms with Crippen LogP contribution in [0, 0.1) is 0 Å². The molecule has 1 atom stereocenters. The van der Waals surface area contributed by atoms with Crippen LogP contribution in [0.3, 0.4) is 0 Å². The summed E-state index contributed by atoms with van der Waals surface area (Å²) in [6.07, 6.45) is 0.587. The molecule has 264 valence electrons. The fourth-order valence-electron chi connectivity index (χ4n) is 5.04. The summed E-state index contributed by atoms with van der Waals surface area (Å²) in [5, 5.41) is 21.8. The van der Waals surface area contributed by atoms with E-state index in [1.54, 1.807) is 18.2 Å². The number of amides is 2. The van der Waals surface area contributed by atoms with E-state index in [1.165, 1.54) is 29.2 Å². The molecular weight excluding hydrogens is 725 g/mol. The van der Waals surface area contributed by atoms with Gasteiger partial charge in [0, 0.05) is 43.9 Å². The number of nitrogens with one attached hydrogen (secondary N) is 1. The third kappa shape index (κ3) is 10.3. The number of morpholine rings is 1. The Morgan fingerprint density at radius 3 is 2.52 bits per heavy atom. The fourth-order valence-corrected chi connectivity index (χ4v) is 6.65. The first-order valence-electron chi connectivity index (χ1n) is 15.7. The lowest BCUT2D eigenvalue weighted by Crippen LogP contribution is -2.38. The molecule has 1 unspecified atom stereocenters. The van der Waals surface area contributed by atoms with E-state index in [9.17, 15) is 19.5 Å². The van der Waals surface area contributed by atoms with E-state index < -0.39 is 18.7 Å². The Balaban J connectivity index is 1.21. The number of anilines is 1. The maximum atomic E-state index is 13.4. The highest BCUT2D eigenvalue weighted by molar-refractivity contribution is 8.26. The molecule has 2 aliphatic heterocycles. The van der Waals surface area contributed by atoms with Gasteiger partial charge in [-0.3, -0.25) is 19.4 Å². The van der Waals surface area contributed by atoms with Crippen molar-refractivity contribution in [2.45, 2.75) is 12.5 Å². The second-order valence-electron chi connectivity index (χ2n) is 11.3. The van der Waals surface area contributed by atoms with E-state index in [2.05, 4.69) is 10.2 Å². The average Bonchev–Trinajstić information content (AvgIpc) is 3.39. The zero-order valence-electron chi connectivity index (χ0n) is 26.8. The van der Waals surface area contributed by atoms with Crippen LogP contribution in [-0.2, 0) is 19.1 Å². The number of ether oxygens (including phenoxy) is 3. The van der Waals surface area contributed by atoms with Crippen molar-refractivity contribution in [3.63, 3.8) is 0 Å². The van der Waals surface area contributed by atoms with Crippen molar-refractivity contribution in [2.75, 3.05) is 64.5 Å². The van der Waals surface area contributed by atoms with E-state index in [0.717, 1.165) is 48.1 Å². The van der Waals surface area contributed by atoms with Gasteiger partial charge in [-0.05, 0) is 65.7 Å². The number of thiocarbonyl (C=S) groups is 1. The van der Waals surface area contributed by atoms with Crippen LogP contribution < -0.4 is 10.1 Å². The van der Waals surface area contributed by atoms with Crippen molar-refractivity contribution >= 4 is 81.0 Å². The van der Waals surface area contributed by atoms with Gasteiger partial charge in [-0.25, -0.2) is 4.79 Å². The van der Waals surface area contributed by atoms with Gasteiger partial charge >= 0.3 is 5.97 Å². The average molecular weight is 761 g/mol. The summed E-state index contributed by atoms with van der Waals surface area (Å²) in [7, 11) is 0. The Bertz CT molecular complexity index is 1750. The van der Waals surface area contributed by atoms with Crippen LogP contribution in [0.15, 0.2) is 65.6 Å². The number of rotatable bonds is 14. The lowest BCUT2D eigenvalue weighted by Gasteiger charge is -2.26. The van der Waals surface area contributed by atoms with Crippen molar-refractivity contribution in [3.8, 4) is 16.9 Å². The van der Waals surface area contributed by atoms with Crippen LogP contribution in [0.4, 0.5) is 5.69 Å². The molecule has 0 radical (unpaired) electrons. The summed E-state index contributed by atoms with van der Waals surface area (Å²) in [5.41, 5.74) is 3.01. The van der Waals surface area contributed by atoms with E-state index in [-0.39, 0.29) is 37.0 Å². The summed E-state index contributed by atoms with van der Waals surface area (Å²) < 4.78 is 16.9. The van der Waals surface area contributed by atoms with Gasteiger partial charge in [0.15, 0.2) is 0 Å². The third-order valence-corrected chi connectivity index (χ3v) is 9.88. The number of hydrogen-bond donors (Lipinski definition) is 3. The number of esters is 1. The Hall–Kier alpha value is -3.53. The molecule has 3 N–H and O–H groups in total. The fraction of sp³-hybridized carbons (Fsp3) is 0.314. The second-order valence-corrected chi connectivity index (χ2v) is 13.8. The third-order valence-electron chi connectivity index (χ3n) is 7.76. The topological polar surface area (TPSA) is 138 Å². The standard InChI is InChI=1S/C35H35Cl2N3O8S2/c36-28-7-4-24(19-29(28)37)27-17-22(1-8-30(27)47-16-13-39-11-14-46-15-12-39)18-31-33(44)40(35(49)50-31)10-9-32(43)38-25-5-2-23(3-6-25)34(45)48-21-26(42)20-41/h1-8,17-19,26,41-42H,9-16,20-21H2,(H,38,43). The van der Waals surface area contributed by atoms with Crippen LogP contribution >= 0.6 is 47.2 Å². The summed E-state index contributed by atoms with van der Waals surface area (Å²) in [4.78, 5) is 42.3. The van der Waals surface area contributed by atoms with Crippen LogP contribution in [0.1, 0.15) is 22.3 Å². The van der Waals surface area contributed by atoms with E-state index >= 15 is 0 Å². The van der Waals surface area contributed by atoms with Crippen molar-refractivity contribution in [1.29, 1.82) is 0 Å². The van der Waals surface area contributed by atoms with Gasteiger partial charge < -0.3 is 29.7 Å². The lowest BCUT2D eigenvalue weighted by molar-refractivity contribution is -0.122. The zero-order chi connectivity index (χ0) is 35.6. The summed E-state index contributed by atoms with van der Waals surface area (Å²) >= 11 is 19.2. The normalized spacial score (nSPS) is 16.5. The molecule has 0 aromatic heterocycles. The minimum Gasteiger partial charge on any atom is -0.492 e. The van der Waals surface area contributed by atoms with Crippen LogP contribution in [0.5, 0.6) is 5.75 Å². The molecule has 2 saturated heterocycles. The molecule has 2 amide bonds. The van der Waals surface area contributed by atoms with Gasteiger partial charge in [0.1, 0.15) is 29.4 Å². The Labute approximate surface area is 309 Å². The lowest BCUT2D eigenvalue weighted by atomic mass is 10.0. The van der Waals surface area contributed by atoms with Crippen LogP contribution in [0.25, 0.3) is 17.2 Å². The number of nitrogens with zero attached hydrogens (tertiary/aromatic N) is 2. The maximum Gasteiger partial charge on any atom is 0.338 e. The smallest absolute Gasteiger partial charge is 0.338 e. The Morgan fingerprint density at radius 1 is 1.04 bits per heavy atom. The van der Waals surface area contributed by atoms with Crippen molar-refractivity contribution < 1.29 is 38.8 Å². The minimum absolute atomic E-state index is 0.0134. The molecule has 2 heterocycles. The van der Waals surface area contributed by atoms with Crippen molar-refractivity contribution in [3.05, 3.63) is 86.7 Å². The zero-order valence-corrected chi connectivity index (χ0v) is 30.0. The first-order valence-corrected chi connectivity index (χ1v) is 17.7. The molecule has 0 saturated carbocycles. The largest absolute Gasteiger partial charge is 0.492 e. The van der Waals surface area contributed by atoms with E-state index in [1.807, 2.05) is 24.3 Å². The molecular formula is C35H35Cl2N3O8S2. The highest BCUT2D eigenvalue weighted by Gasteiger charge is 2.32. The highest BCUT2D eigenvalue weighted by Crippen LogP contribution is 2.37. The monoisotopic (exact) mass is 759 g/mol. The molecule has 3 aromatic rings. The summed E-state index contributed by atoms with van der Waals surface area (Å²) in [5.74, 6) is -0.657. The van der Waals surface area contributed by atoms with Gasteiger partial charge in [0.25, 0.3) is 5.91 Å². The summed E-state index contributed by atoms with van der Waals surface area (Å²) in [6, 6.07) is 17.0.